The highest BCUT2D eigenvalue weighted by atomic mass is 35.5. The molecule has 0 aliphatic rings. The number of hydrogen-bond donors (Lipinski definition) is 6. The molecule has 18 heteroatoms. The second-order valence-electron chi connectivity index (χ2n) is 7.15. The molecule has 16 nitrogen and oxygen atoms in total. The summed E-state index contributed by atoms with van der Waals surface area (Å²) in [6.45, 7) is 1.12. The Hall–Kier alpha value is -3.74. The summed E-state index contributed by atoms with van der Waals surface area (Å²) >= 11 is 11.7. The third-order valence-electron chi connectivity index (χ3n) is 4.32. The molecule has 0 spiro atoms. The summed E-state index contributed by atoms with van der Waals surface area (Å²) in [6, 6.07) is 14.1. The Bertz CT molecular complexity index is 956. The molecule has 0 atom stereocenters. The second-order valence-corrected chi connectivity index (χ2v) is 8.02. The first-order valence-corrected chi connectivity index (χ1v) is 11.4. The highest BCUT2D eigenvalue weighted by molar-refractivity contribution is 6.31. The van der Waals surface area contributed by atoms with Crippen molar-refractivity contribution in [3.8, 4) is 0 Å². The van der Waals surface area contributed by atoms with Crippen molar-refractivity contribution < 1.29 is 32.9 Å². The lowest BCUT2D eigenvalue weighted by Gasteiger charge is -2.05. The first-order valence-electron chi connectivity index (χ1n) is 10.6. The van der Waals surface area contributed by atoms with Crippen LogP contribution in [-0.2, 0) is 0 Å². The number of nitrogens with zero attached hydrogens (tertiary/aromatic N) is 4. The molecule has 0 saturated heterocycles. The van der Waals surface area contributed by atoms with Crippen LogP contribution in [0.15, 0.2) is 68.5 Å². The Balaban J connectivity index is -0.000000681. The standard InChI is InChI=1S/C22H30Cl2N10.6H2O/c23-15-5-9-17(10-6-15)31-21(27)33-19(25)29-13-3-1-2-4-14-30-20(26)34-22(28)32-18-11-7-16(24)8-12-18;;;;;;/h5-12H,1-4,13-14H2,(H5,25,27,29,31,33)(H5,26,28,30,32,34);6*1H2. The lowest BCUT2D eigenvalue weighted by Crippen LogP contribution is -2.26. The molecule has 0 radical (unpaired) electrons. The van der Waals surface area contributed by atoms with Crippen molar-refractivity contribution in [1.29, 1.82) is 0 Å². The summed E-state index contributed by atoms with van der Waals surface area (Å²) in [4.78, 5) is 16.5. The average molecular weight is 614 g/mol. The number of nitrogens with one attached hydrogen (secondary N) is 2. The summed E-state index contributed by atoms with van der Waals surface area (Å²) in [5, 5.41) is 7.11. The van der Waals surface area contributed by atoms with Crippen molar-refractivity contribution in [2.75, 3.05) is 23.7 Å². The maximum Gasteiger partial charge on any atom is 0.218 e. The molecule has 0 aliphatic heterocycles. The van der Waals surface area contributed by atoms with Gasteiger partial charge in [-0.1, -0.05) is 36.0 Å². The molecular formula is C22H42Cl2N10O6. The van der Waals surface area contributed by atoms with Crippen LogP contribution in [0.1, 0.15) is 25.7 Å². The van der Waals surface area contributed by atoms with Gasteiger partial charge in [-0.05, 0) is 61.4 Å². The van der Waals surface area contributed by atoms with E-state index in [1.54, 1.807) is 48.5 Å². The van der Waals surface area contributed by atoms with Gasteiger partial charge in [-0.2, -0.15) is 9.98 Å². The van der Waals surface area contributed by atoms with Gasteiger partial charge in [-0.3, -0.25) is 9.98 Å². The van der Waals surface area contributed by atoms with Gasteiger partial charge in [0.2, 0.25) is 23.8 Å². The van der Waals surface area contributed by atoms with Crippen LogP contribution in [0, 0.1) is 0 Å². The molecular weight excluding hydrogens is 571 g/mol. The first kappa shape index (κ1) is 46.1. The number of halogens is 2. The van der Waals surface area contributed by atoms with E-state index in [1.165, 1.54) is 0 Å². The van der Waals surface area contributed by atoms with Gasteiger partial charge in [0.15, 0.2) is 0 Å². The van der Waals surface area contributed by atoms with Crippen LogP contribution in [0.3, 0.4) is 0 Å². The smallest absolute Gasteiger partial charge is 0.218 e. The Morgan fingerprint density at radius 2 is 0.825 bits per heavy atom. The van der Waals surface area contributed by atoms with Gasteiger partial charge in [-0.25, -0.2) is 0 Å². The maximum atomic E-state index is 5.85. The molecule has 0 bridgehead atoms. The largest absolute Gasteiger partial charge is 0.412 e. The minimum atomic E-state index is 0. The SMILES string of the molecule is NC(=NCCCCCCN=C(N)/N=C(\N)Nc1ccc(Cl)cc1)/N=C(\N)Nc1ccc(Cl)cc1.O.O.O.O.O.O. The number of aliphatic imine (C=N–C) groups is 4. The maximum absolute atomic E-state index is 5.85. The third kappa shape index (κ3) is 20.3. The van der Waals surface area contributed by atoms with E-state index in [1.807, 2.05) is 0 Å². The van der Waals surface area contributed by atoms with Crippen LogP contribution in [-0.4, -0.2) is 69.8 Å². The summed E-state index contributed by atoms with van der Waals surface area (Å²) in [5.74, 6) is 0.564. The number of rotatable bonds is 9. The van der Waals surface area contributed by atoms with Crippen LogP contribution >= 0.6 is 23.2 Å². The highest BCUT2D eigenvalue weighted by Crippen LogP contribution is 2.13. The zero-order chi connectivity index (χ0) is 24.8. The van der Waals surface area contributed by atoms with E-state index < -0.39 is 0 Å². The number of anilines is 2. The zero-order valence-corrected chi connectivity index (χ0v) is 23.2. The molecule has 2 rings (SSSR count). The molecule has 0 aromatic heterocycles. The molecule has 22 N–H and O–H groups in total. The minimum absolute atomic E-state index is 0. The third-order valence-corrected chi connectivity index (χ3v) is 4.82. The molecule has 0 unspecified atom stereocenters. The van der Waals surface area contributed by atoms with E-state index in [0.29, 0.717) is 23.1 Å². The van der Waals surface area contributed by atoms with E-state index in [4.69, 9.17) is 46.1 Å². The molecule has 0 amide bonds. The predicted octanol–water partition coefficient (Wildman–Crippen LogP) is -1.61. The zero-order valence-electron chi connectivity index (χ0n) is 21.7. The number of hydrogen-bond acceptors (Lipinski definition) is 2. The molecule has 230 valence electrons. The van der Waals surface area contributed by atoms with Gasteiger partial charge in [-0.15, -0.1) is 0 Å². The average Bonchev–Trinajstić information content (AvgIpc) is 2.78. The van der Waals surface area contributed by atoms with Crippen LogP contribution < -0.4 is 33.6 Å². The van der Waals surface area contributed by atoms with Gasteiger partial charge in [0.1, 0.15) is 0 Å². The van der Waals surface area contributed by atoms with Crippen molar-refractivity contribution in [1.82, 2.24) is 0 Å². The molecule has 2 aromatic rings. The Morgan fingerprint density at radius 1 is 0.525 bits per heavy atom. The lowest BCUT2D eigenvalue weighted by atomic mass is 10.2. The van der Waals surface area contributed by atoms with Crippen molar-refractivity contribution in [3.05, 3.63) is 58.6 Å². The van der Waals surface area contributed by atoms with E-state index in [2.05, 4.69) is 30.6 Å². The summed E-state index contributed by atoms with van der Waals surface area (Å²) in [6.07, 6.45) is 3.68. The lowest BCUT2D eigenvalue weighted by molar-refractivity contribution is 0.653. The van der Waals surface area contributed by atoms with Crippen molar-refractivity contribution in [2.24, 2.45) is 42.9 Å². The summed E-state index contributed by atoms with van der Waals surface area (Å²) in [7, 11) is 0. The molecule has 2 aromatic carbocycles. The fraction of sp³-hybridized carbons (Fsp3) is 0.273. The minimum Gasteiger partial charge on any atom is -0.412 e. The van der Waals surface area contributed by atoms with Gasteiger partial charge in [0.25, 0.3) is 0 Å². The topological polar surface area (TPSA) is 367 Å². The van der Waals surface area contributed by atoms with E-state index >= 15 is 0 Å². The normalized spacial score (nSPS) is 11.2. The van der Waals surface area contributed by atoms with Crippen molar-refractivity contribution >= 4 is 58.4 Å². The summed E-state index contributed by atoms with van der Waals surface area (Å²) < 4.78 is 0. The van der Waals surface area contributed by atoms with Crippen LogP contribution in [0.4, 0.5) is 11.4 Å². The highest BCUT2D eigenvalue weighted by Gasteiger charge is 1.99. The van der Waals surface area contributed by atoms with E-state index in [-0.39, 0.29) is 56.7 Å². The first-order chi connectivity index (χ1) is 16.3. The molecule has 40 heavy (non-hydrogen) atoms. The summed E-state index contributed by atoms with van der Waals surface area (Å²) in [5.41, 5.74) is 24.8. The number of benzene rings is 2. The van der Waals surface area contributed by atoms with E-state index in [9.17, 15) is 0 Å². The van der Waals surface area contributed by atoms with Crippen LogP contribution in [0.25, 0.3) is 0 Å². The van der Waals surface area contributed by atoms with Crippen LogP contribution in [0.2, 0.25) is 10.0 Å². The number of guanidine groups is 4. The van der Waals surface area contributed by atoms with Gasteiger partial charge >= 0.3 is 0 Å². The number of nitrogens with two attached hydrogens (primary N) is 4. The monoisotopic (exact) mass is 612 g/mol. The second kappa shape index (κ2) is 25.5. The van der Waals surface area contributed by atoms with Crippen molar-refractivity contribution in [2.45, 2.75) is 25.7 Å². The van der Waals surface area contributed by atoms with Gasteiger partial charge < -0.3 is 66.4 Å². The molecule has 0 aliphatic carbocycles. The predicted molar refractivity (Wildman–Crippen MR) is 167 cm³/mol. The van der Waals surface area contributed by atoms with Gasteiger partial charge in [0, 0.05) is 34.5 Å². The fourth-order valence-electron chi connectivity index (χ4n) is 2.70. The molecule has 0 saturated carbocycles. The Morgan fingerprint density at radius 3 is 1.12 bits per heavy atom. The Labute approximate surface area is 242 Å². The molecule has 0 heterocycles. The fourth-order valence-corrected chi connectivity index (χ4v) is 2.95. The van der Waals surface area contributed by atoms with Gasteiger partial charge in [0.05, 0.1) is 0 Å². The van der Waals surface area contributed by atoms with Crippen LogP contribution in [0.5, 0.6) is 0 Å². The quantitative estimate of drug-likeness (QED) is 0.110. The van der Waals surface area contributed by atoms with E-state index in [0.717, 1.165) is 37.1 Å². The van der Waals surface area contributed by atoms with Crippen molar-refractivity contribution in [3.63, 3.8) is 0 Å². The Kier molecular flexibility index (Phi) is 29.4. The number of unbranched alkanes of at least 4 members (excludes halogenated alkanes) is 3. The molecule has 0 fully saturated rings.